The maximum Gasteiger partial charge on any atom is 0.255 e. The normalized spacial score (nSPS) is 28.2. The molecule has 7 N–H and O–H groups in total. The van der Waals surface area contributed by atoms with Crippen LogP contribution >= 0.6 is 0 Å². The second kappa shape index (κ2) is 8.82. The average Bonchev–Trinajstić information content (AvgIpc) is 3.64. The Kier molecular flexibility index (Phi) is 6.03. The minimum Gasteiger partial charge on any atom is -0.508 e. The van der Waals surface area contributed by atoms with Gasteiger partial charge in [0.15, 0.2) is 11.4 Å². The van der Waals surface area contributed by atoms with Gasteiger partial charge in [0, 0.05) is 37.3 Å². The molecule has 208 valence electrons. The number of hydrogen-bond acceptors (Lipinski definition) is 10. The van der Waals surface area contributed by atoms with Gasteiger partial charge in [-0.05, 0) is 57.3 Å². The lowest BCUT2D eigenvalue weighted by Gasteiger charge is -2.50. The van der Waals surface area contributed by atoms with E-state index in [0.29, 0.717) is 11.3 Å². The van der Waals surface area contributed by atoms with Crippen LogP contribution < -0.4 is 16.0 Å². The number of aromatic hydroxyl groups is 1. The van der Waals surface area contributed by atoms with E-state index in [1.807, 2.05) is 0 Å². The zero-order chi connectivity index (χ0) is 28.7. The van der Waals surface area contributed by atoms with Gasteiger partial charge in [0.25, 0.3) is 11.8 Å². The molecule has 1 aromatic carbocycles. The molecule has 5 rings (SSSR count). The van der Waals surface area contributed by atoms with Crippen LogP contribution in [0.4, 0.5) is 5.69 Å². The first-order valence-corrected chi connectivity index (χ1v) is 12.7. The van der Waals surface area contributed by atoms with E-state index >= 15 is 0 Å². The number of phenols is 1. The van der Waals surface area contributed by atoms with Gasteiger partial charge in [-0.3, -0.25) is 24.1 Å². The number of nitrogens with two attached hydrogens (primary N) is 1. The summed E-state index contributed by atoms with van der Waals surface area (Å²) in [5.74, 6) is -7.86. The number of nitrogens with zero attached hydrogens (tertiary/aromatic N) is 2. The zero-order valence-electron chi connectivity index (χ0n) is 22.1. The molecule has 0 saturated heterocycles. The molecule has 0 unspecified atom stereocenters. The molecule has 2 fully saturated rings. The van der Waals surface area contributed by atoms with Gasteiger partial charge >= 0.3 is 0 Å². The molecule has 4 atom stereocenters. The molecule has 0 radical (unpaired) electrons. The average molecular weight is 541 g/mol. The van der Waals surface area contributed by atoms with Crippen molar-refractivity contribution < 1.29 is 39.6 Å². The number of likely N-dealkylation sites (N-methyl/N-ethyl adjacent to an activating group) is 1. The van der Waals surface area contributed by atoms with E-state index in [4.69, 9.17) is 5.73 Å². The molecule has 0 aliphatic heterocycles. The number of rotatable bonds is 5. The molecule has 0 aromatic heterocycles. The number of aliphatic hydroxyl groups is 3. The number of primary amides is 1. The zero-order valence-corrected chi connectivity index (χ0v) is 22.1. The lowest BCUT2D eigenvalue weighted by Crippen LogP contribution is -2.65. The predicted octanol–water partition coefficient (Wildman–Crippen LogP) is -0.0778. The summed E-state index contributed by atoms with van der Waals surface area (Å²) in [6.07, 6.45) is 1.78. The van der Waals surface area contributed by atoms with E-state index in [-0.39, 0.29) is 35.6 Å². The number of ketones is 2. The number of benzene rings is 1. The maximum absolute atomic E-state index is 14.0. The van der Waals surface area contributed by atoms with E-state index in [2.05, 4.69) is 5.32 Å². The predicted molar refractivity (Wildman–Crippen MR) is 139 cm³/mol. The van der Waals surface area contributed by atoms with Crippen LogP contribution in [-0.2, 0) is 20.8 Å². The third kappa shape index (κ3) is 3.73. The van der Waals surface area contributed by atoms with Gasteiger partial charge in [0.1, 0.15) is 22.8 Å². The molecule has 12 nitrogen and oxygen atoms in total. The summed E-state index contributed by atoms with van der Waals surface area (Å²) in [6.45, 7) is 0. The van der Waals surface area contributed by atoms with Crippen LogP contribution in [0.5, 0.6) is 5.75 Å². The van der Waals surface area contributed by atoms with Crippen molar-refractivity contribution in [3.63, 3.8) is 0 Å². The summed E-state index contributed by atoms with van der Waals surface area (Å²) in [5.41, 5.74) is 2.35. The number of nitrogens with one attached hydrogen (secondary N) is 1. The molecule has 4 aliphatic carbocycles. The summed E-state index contributed by atoms with van der Waals surface area (Å²) in [6, 6.07) is 0.384. The van der Waals surface area contributed by atoms with Crippen LogP contribution in [0.15, 0.2) is 23.0 Å². The molecule has 0 bridgehead atoms. The molecule has 2 saturated carbocycles. The van der Waals surface area contributed by atoms with Crippen molar-refractivity contribution in [1.29, 1.82) is 0 Å². The van der Waals surface area contributed by atoms with Crippen molar-refractivity contribution >= 4 is 34.8 Å². The summed E-state index contributed by atoms with van der Waals surface area (Å²) in [4.78, 5) is 55.4. The van der Waals surface area contributed by atoms with Crippen molar-refractivity contribution in [3.05, 3.63) is 39.7 Å². The van der Waals surface area contributed by atoms with E-state index in [0.717, 1.165) is 12.8 Å². The van der Waals surface area contributed by atoms with Crippen molar-refractivity contribution in [3.8, 4) is 5.75 Å². The summed E-state index contributed by atoms with van der Waals surface area (Å²) in [7, 11) is 6.58. The number of fused-ring (bicyclic) bond motifs is 3. The Bertz CT molecular complexity index is 1410. The molecule has 39 heavy (non-hydrogen) atoms. The van der Waals surface area contributed by atoms with Gasteiger partial charge in [-0.25, -0.2) is 0 Å². The lowest BCUT2D eigenvalue weighted by molar-refractivity contribution is -0.153. The molecular weight excluding hydrogens is 508 g/mol. The first-order valence-electron chi connectivity index (χ1n) is 12.7. The number of aliphatic hydroxyl groups excluding tert-OH is 2. The van der Waals surface area contributed by atoms with E-state index in [1.165, 1.54) is 11.0 Å². The highest BCUT2D eigenvalue weighted by Crippen LogP contribution is 2.54. The highest BCUT2D eigenvalue weighted by molar-refractivity contribution is 6.24. The minimum absolute atomic E-state index is 0.00559. The number of amides is 2. The van der Waals surface area contributed by atoms with Gasteiger partial charge in [-0.15, -0.1) is 0 Å². The second-order valence-electron chi connectivity index (χ2n) is 11.2. The largest absolute Gasteiger partial charge is 0.508 e. The van der Waals surface area contributed by atoms with Crippen molar-refractivity contribution in [2.45, 2.75) is 43.4 Å². The topological polar surface area (TPSA) is 194 Å². The van der Waals surface area contributed by atoms with Crippen LogP contribution in [0, 0.1) is 11.8 Å². The van der Waals surface area contributed by atoms with E-state index in [9.17, 15) is 39.6 Å². The highest BCUT2D eigenvalue weighted by Gasteiger charge is 2.64. The smallest absolute Gasteiger partial charge is 0.255 e. The third-order valence-electron chi connectivity index (χ3n) is 8.34. The second-order valence-corrected chi connectivity index (χ2v) is 11.2. The monoisotopic (exact) mass is 540 g/mol. The Morgan fingerprint density at radius 3 is 2.28 bits per heavy atom. The Morgan fingerprint density at radius 2 is 1.74 bits per heavy atom. The van der Waals surface area contributed by atoms with Crippen molar-refractivity contribution in [2.24, 2.45) is 17.6 Å². The number of carbonyl (C=O) groups excluding carboxylic acids is 4. The standard InChI is InChI=1S/C27H32N4O8/c1-30(2)15-9-13(26(38)29-11-5-6-11)20(32)17-12(15)7-10-8-14-19(31(3)4)22(34)18(25(28)37)24(36)27(14,39)23(35)16(10)21(17)33/h9-11,14,19,32-33,36,39H,5-8H2,1-4H3,(H2,28,37)(H,29,38)/t10-,14-,19-,27-/m0/s1. The molecule has 12 heteroatoms. The molecular formula is C27H32N4O8. The Labute approximate surface area is 224 Å². The van der Waals surface area contributed by atoms with Crippen LogP contribution in [-0.4, -0.2) is 94.6 Å². The molecule has 0 spiro atoms. The van der Waals surface area contributed by atoms with Crippen molar-refractivity contribution in [2.75, 3.05) is 33.1 Å². The number of hydrogen-bond donors (Lipinski definition) is 6. The maximum atomic E-state index is 14.0. The third-order valence-corrected chi connectivity index (χ3v) is 8.34. The fourth-order valence-corrected chi connectivity index (χ4v) is 6.35. The lowest BCUT2D eigenvalue weighted by atomic mass is 9.57. The molecule has 2 amide bonds. The molecule has 4 aliphatic rings. The van der Waals surface area contributed by atoms with E-state index < -0.39 is 69.7 Å². The Hall–Kier alpha value is -3.90. The van der Waals surface area contributed by atoms with Crippen LogP contribution in [0.1, 0.15) is 40.7 Å². The van der Waals surface area contributed by atoms with Gasteiger partial charge in [0.2, 0.25) is 5.78 Å². The summed E-state index contributed by atoms with van der Waals surface area (Å²) < 4.78 is 0. The Balaban J connectivity index is 1.73. The Morgan fingerprint density at radius 1 is 1.10 bits per heavy atom. The quantitative estimate of drug-likeness (QED) is 0.275. The first kappa shape index (κ1) is 26.7. The van der Waals surface area contributed by atoms with Crippen LogP contribution in [0.2, 0.25) is 0 Å². The van der Waals surface area contributed by atoms with E-state index in [1.54, 1.807) is 33.1 Å². The van der Waals surface area contributed by atoms with Crippen LogP contribution in [0.25, 0.3) is 5.76 Å². The fourth-order valence-electron chi connectivity index (χ4n) is 6.35. The fraction of sp³-hybridized carbons (Fsp3) is 0.481. The number of carbonyl (C=O) groups is 4. The number of phenolic OH excluding ortho intramolecular Hbond substituents is 1. The molecule has 0 heterocycles. The first-order chi connectivity index (χ1) is 18.2. The SMILES string of the molecule is CN(C)c1cc(C(=O)NC2CC2)c(O)c2c1C[C@H]1C[C@H]3[C@H](N(C)C)C(=O)C(C(N)=O)=C(O)[C@@]3(O)C(=O)C1=C2O. The number of anilines is 1. The van der Waals surface area contributed by atoms with Gasteiger partial charge in [0.05, 0.1) is 17.2 Å². The minimum atomic E-state index is -2.72. The summed E-state index contributed by atoms with van der Waals surface area (Å²) >= 11 is 0. The van der Waals surface area contributed by atoms with Gasteiger partial charge < -0.3 is 36.4 Å². The number of Topliss-reactive ketones (excluding diaryl/α,β-unsaturated/α-hetero) is 2. The van der Waals surface area contributed by atoms with Crippen LogP contribution in [0.3, 0.4) is 0 Å². The van der Waals surface area contributed by atoms with Crippen molar-refractivity contribution in [1.82, 2.24) is 10.2 Å². The van der Waals surface area contributed by atoms with Gasteiger partial charge in [-0.2, -0.15) is 0 Å². The summed E-state index contributed by atoms with van der Waals surface area (Å²) in [5, 5.41) is 48.1. The van der Waals surface area contributed by atoms with Gasteiger partial charge in [-0.1, -0.05) is 0 Å². The highest BCUT2D eigenvalue weighted by atomic mass is 16.3. The molecule has 1 aromatic rings.